The SMILES string of the molecule is C/C=c1\c(=C/C)n(C(=O)c2ccccc2)c2cnccc12. The van der Waals surface area contributed by atoms with Crippen LogP contribution in [0.5, 0.6) is 0 Å². The maximum atomic E-state index is 12.9. The second kappa shape index (κ2) is 5.37. The van der Waals surface area contributed by atoms with E-state index in [4.69, 9.17) is 0 Å². The van der Waals surface area contributed by atoms with Crippen molar-refractivity contribution in [1.29, 1.82) is 0 Å². The van der Waals surface area contributed by atoms with Gasteiger partial charge in [0.2, 0.25) is 0 Å². The molecule has 2 heterocycles. The van der Waals surface area contributed by atoms with E-state index in [1.54, 1.807) is 17.0 Å². The van der Waals surface area contributed by atoms with Crippen molar-refractivity contribution in [2.75, 3.05) is 0 Å². The minimum absolute atomic E-state index is 0.0326. The van der Waals surface area contributed by atoms with Crippen LogP contribution < -0.4 is 10.6 Å². The van der Waals surface area contributed by atoms with Gasteiger partial charge in [0.05, 0.1) is 17.1 Å². The van der Waals surface area contributed by atoms with Crippen LogP contribution >= 0.6 is 0 Å². The van der Waals surface area contributed by atoms with Gasteiger partial charge in [-0.15, -0.1) is 0 Å². The molecule has 0 aliphatic rings. The van der Waals surface area contributed by atoms with Crippen molar-refractivity contribution in [1.82, 2.24) is 9.55 Å². The Morgan fingerprint density at radius 2 is 1.86 bits per heavy atom. The number of fused-ring (bicyclic) bond motifs is 1. The average Bonchev–Trinajstić information content (AvgIpc) is 2.88. The molecule has 3 rings (SSSR count). The number of benzene rings is 1. The Labute approximate surface area is 122 Å². The maximum absolute atomic E-state index is 12.9. The molecule has 0 amide bonds. The van der Waals surface area contributed by atoms with E-state index in [1.807, 2.05) is 62.4 Å². The van der Waals surface area contributed by atoms with E-state index in [0.717, 1.165) is 21.5 Å². The average molecular weight is 276 g/mol. The fourth-order valence-corrected chi connectivity index (χ4v) is 2.70. The van der Waals surface area contributed by atoms with Gasteiger partial charge < -0.3 is 0 Å². The Kier molecular flexibility index (Phi) is 3.40. The molecule has 0 atom stereocenters. The number of pyridine rings is 1. The summed E-state index contributed by atoms with van der Waals surface area (Å²) in [6, 6.07) is 11.3. The van der Waals surface area contributed by atoms with Gasteiger partial charge >= 0.3 is 0 Å². The van der Waals surface area contributed by atoms with Crippen molar-refractivity contribution >= 4 is 29.0 Å². The van der Waals surface area contributed by atoms with Crippen LogP contribution in [-0.2, 0) is 0 Å². The molecule has 0 radical (unpaired) electrons. The maximum Gasteiger partial charge on any atom is 0.262 e. The summed E-state index contributed by atoms with van der Waals surface area (Å²) in [5, 5.41) is 3.03. The lowest BCUT2D eigenvalue weighted by atomic mass is 10.2. The van der Waals surface area contributed by atoms with Crippen molar-refractivity contribution in [3.8, 4) is 0 Å². The molecule has 3 heteroatoms. The molecule has 3 aromatic rings. The summed E-state index contributed by atoms with van der Waals surface area (Å²) in [6.45, 7) is 3.93. The number of hydrogen-bond donors (Lipinski definition) is 0. The molecule has 0 fully saturated rings. The fraction of sp³-hybridized carbons (Fsp3) is 0.111. The van der Waals surface area contributed by atoms with E-state index in [1.165, 1.54) is 0 Å². The Balaban J connectivity index is 2.41. The van der Waals surface area contributed by atoms with Crippen LogP contribution in [0.15, 0.2) is 48.8 Å². The predicted molar refractivity (Wildman–Crippen MR) is 85.4 cm³/mol. The first-order valence-corrected chi connectivity index (χ1v) is 6.94. The molecule has 0 aliphatic heterocycles. The topological polar surface area (TPSA) is 34.9 Å². The van der Waals surface area contributed by atoms with Crippen LogP contribution in [0.3, 0.4) is 0 Å². The zero-order valence-electron chi connectivity index (χ0n) is 12.1. The van der Waals surface area contributed by atoms with E-state index in [2.05, 4.69) is 4.98 Å². The third-order valence-electron chi connectivity index (χ3n) is 3.63. The van der Waals surface area contributed by atoms with Gasteiger partial charge in [-0.05, 0) is 32.0 Å². The molecular weight excluding hydrogens is 260 g/mol. The van der Waals surface area contributed by atoms with E-state index < -0.39 is 0 Å². The third kappa shape index (κ3) is 2.07. The summed E-state index contributed by atoms with van der Waals surface area (Å²) in [7, 11) is 0. The second-order valence-corrected chi connectivity index (χ2v) is 4.78. The lowest BCUT2D eigenvalue weighted by Gasteiger charge is -2.04. The molecule has 104 valence electrons. The van der Waals surface area contributed by atoms with Crippen molar-refractivity contribution < 1.29 is 4.79 Å². The quantitative estimate of drug-likeness (QED) is 0.683. The largest absolute Gasteiger partial charge is 0.275 e. The zero-order valence-corrected chi connectivity index (χ0v) is 12.1. The van der Waals surface area contributed by atoms with Crippen molar-refractivity contribution in [2.45, 2.75) is 13.8 Å². The van der Waals surface area contributed by atoms with Crippen LogP contribution in [0, 0.1) is 0 Å². The number of nitrogens with zero attached hydrogens (tertiary/aromatic N) is 2. The van der Waals surface area contributed by atoms with Gasteiger partial charge in [0.1, 0.15) is 0 Å². The van der Waals surface area contributed by atoms with Crippen molar-refractivity contribution in [3.63, 3.8) is 0 Å². The summed E-state index contributed by atoms with van der Waals surface area (Å²) in [5.74, 6) is -0.0326. The minimum atomic E-state index is -0.0326. The highest BCUT2D eigenvalue weighted by Gasteiger charge is 2.14. The number of carbonyl (C=O) groups is 1. The van der Waals surface area contributed by atoms with E-state index in [-0.39, 0.29) is 5.91 Å². The number of hydrogen-bond acceptors (Lipinski definition) is 2. The van der Waals surface area contributed by atoms with E-state index in [9.17, 15) is 4.79 Å². The first kappa shape index (κ1) is 13.3. The van der Waals surface area contributed by atoms with Crippen LogP contribution in [-0.4, -0.2) is 15.5 Å². The Morgan fingerprint density at radius 1 is 1.10 bits per heavy atom. The van der Waals surface area contributed by atoms with Crippen LogP contribution in [0.1, 0.15) is 24.2 Å². The molecule has 21 heavy (non-hydrogen) atoms. The predicted octanol–water partition coefficient (Wildman–Crippen LogP) is 2.33. The fourth-order valence-electron chi connectivity index (χ4n) is 2.70. The Morgan fingerprint density at radius 3 is 2.52 bits per heavy atom. The summed E-state index contributed by atoms with van der Waals surface area (Å²) in [5.41, 5.74) is 1.51. The van der Waals surface area contributed by atoms with Crippen LogP contribution in [0.2, 0.25) is 0 Å². The van der Waals surface area contributed by atoms with E-state index >= 15 is 0 Å². The molecule has 0 bridgehead atoms. The molecule has 0 aliphatic carbocycles. The number of rotatable bonds is 1. The second-order valence-electron chi connectivity index (χ2n) is 4.78. The van der Waals surface area contributed by atoms with Crippen LogP contribution in [0.25, 0.3) is 23.1 Å². The molecule has 0 unspecified atom stereocenters. The Hall–Kier alpha value is -2.68. The Bertz CT molecular complexity index is 921. The highest BCUT2D eigenvalue weighted by Crippen LogP contribution is 2.10. The van der Waals surface area contributed by atoms with Gasteiger partial charge in [0.15, 0.2) is 0 Å². The van der Waals surface area contributed by atoms with Gasteiger partial charge in [-0.3, -0.25) is 14.3 Å². The first-order chi connectivity index (χ1) is 10.3. The molecule has 3 nitrogen and oxygen atoms in total. The molecule has 0 saturated heterocycles. The number of aromatic nitrogens is 2. The molecule has 0 saturated carbocycles. The minimum Gasteiger partial charge on any atom is -0.275 e. The molecule has 2 aromatic heterocycles. The van der Waals surface area contributed by atoms with E-state index in [0.29, 0.717) is 5.56 Å². The smallest absolute Gasteiger partial charge is 0.262 e. The van der Waals surface area contributed by atoms with Gasteiger partial charge in [-0.2, -0.15) is 0 Å². The van der Waals surface area contributed by atoms with Gasteiger partial charge in [-0.1, -0.05) is 30.4 Å². The molecule has 1 aromatic carbocycles. The third-order valence-corrected chi connectivity index (χ3v) is 3.63. The zero-order chi connectivity index (χ0) is 14.8. The normalized spacial score (nSPS) is 13.0. The summed E-state index contributed by atoms with van der Waals surface area (Å²) >= 11 is 0. The monoisotopic (exact) mass is 276 g/mol. The van der Waals surface area contributed by atoms with Crippen molar-refractivity contribution in [2.24, 2.45) is 0 Å². The lowest BCUT2D eigenvalue weighted by Crippen LogP contribution is -2.32. The lowest BCUT2D eigenvalue weighted by molar-refractivity contribution is 0.0962. The van der Waals surface area contributed by atoms with Crippen molar-refractivity contribution in [3.05, 3.63) is 64.9 Å². The highest BCUT2D eigenvalue weighted by molar-refractivity contribution is 6.02. The number of carbonyl (C=O) groups excluding carboxylic acids is 1. The highest BCUT2D eigenvalue weighted by atomic mass is 16.2. The molecule has 0 N–H and O–H groups in total. The molecular formula is C18H16N2O. The van der Waals surface area contributed by atoms with Gasteiger partial charge in [0, 0.05) is 22.4 Å². The van der Waals surface area contributed by atoms with Crippen LogP contribution in [0.4, 0.5) is 0 Å². The summed E-state index contributed by atoms with van der Waals surface area (Å²) < 4.78 is 1.74. The standard InChI is InChI=1S/C18H16N2O/c1-3-14-15-10-11-19-12-17(15)20(16(14)4-2)18(21)13-8-6-5-7-9-13/h3-12H,1-2H3/b14-3-,16-4+. The van der Waals surface area contributed by atoms with Gasteiger partial charge in [-0.25, -0.2) is 0 Å². The van der Waals surface area contributed by atoms with Gasteiger partial charge in [0.25, 0.3) is 5.91 Å². The molecule has 0 spiro atoms. The summed E-state index contributed by atoms with van der Waals surface area (Å²) in [4.78, 5) is 17.0. The summed E-state index contributed by atoms with van der Waals surface area (Å²) in [6.07, 6.45) is 7.50. The first-order valence-electron chi connectivity index (χ1n) is 6.94.